The first-order valence-electron chi connectivity index (χ1n) is 8.50. The number of aryl methyl sites for hydroxylation is 1. The molecule has 0 bridgehead atoms. The molecule has 142 valence electrons. The van der Waals surface area contributed by atoms with E-state index in [-0.39, 0.29) is 0 Å². The molecule has 0 spiro atoms. The van der Waals surface area contributed by atoms with Crippen molar-refractivity contribution in [3.8, 4) is 5.75 Å². The molecule has 3 rings (SSSR count). The molecule has 0 radical (unpaired) electrons. The Hall–Kier alpha value is -2.39. The van der Waals surface area contributed by atoms with Crippen LogP contribution in [0, 0.1) is 0 Å². The Morgan fingerprint density at radius 2 is 2.00 bits per heavy atom. The van der Waals surface area contributed by atoms with Crippen molar-refractivity contribution in [1.29, 1.82) is 0 Å². The Morgan fingerprint density at radius 1 is 1.19 bits per heavy atom. The lowest BCUT2D eigenvalue weighted by molar-refractivity contribution is 0.289. The standard InChI is InChI=1S/C17H20ClN7OS/c1-3-9-24-15(11-26-14-7-5-13(18)6-8-14)19-21-17(24)27-12-16-20-22-23-25(16)10-4-2/h3,5-8H,1,4,9-12H2,2H3. The highest BCUT2D eigenvalue weighted by molar-refractivity contribution is 7.98. The zero-order chi connectivity index (χ0) is 19.1. The fraction of sp³-hybridized carbons (Fsp3) is 0.353. The smallest absolute Gasteiger partial charge is 0.192 e. The molecule has 0 saturated carbocycles. The Bertz CT molecular complexity index is 878. The highest BCUT2D eigenvalue weighted by Gasteiger charge is 2.14. The van der Waals surface area contributed by atoms with E-state index in [9.17, 15) is 0 Å². The third-order valence-electron chi connectivity index (χ3n) is 3.66. The molecule has 8 nitrogen and oxygen atoms in total. The van der Waals surface area contributed by atoms with E-state index in [2.05, 4.69) is 39.2 Å². The van der Waals surface area contributed by atoms with Crippen LogP contribution in [0.4, 0.5) is 0 Å². The summed E-state index contributed by atoms with van der Waals surface area (Å²) in [6, 6.07) is 7.21. The predicted molar refractivity (Wildman–Crippen MR) is 104 cm³/mol. The molecule has 0 aliphatic carbocycles. The molecule has 10 heteroatoms. The van der Waals surface area contributed by atoms with Gasteiger partial charge >= 0.3 is 0 Å². The molecule has 0 N–H and O–H groups in total. The summed E-state index contributed by atoms with van der Waals surface area (Å²) in [4.78, 5) is 0. The molecule has 2 heterocycles. The molecular formula is C17H20ClN7OS. The number of benzene rings is 1. The van der Waals surface area contributed by atoms with Gasteiger partial charge in [0.25, 0.3) is 0 Å². The summed E-state index contributed by atoms with van der Waals surface area (Å²) in [6.07, 6.45) is 2.78. The van der Waals surface area contributed by atoms with Crippen LogP contribution in [0.2, 0.25) is 5.02 Å². The number of rotatable bonds is 10. The minimum absolute atomic E-state index is 0.302. The lowest BCUT2D eigenvalue weighted by Crippen LogP contribution is -2.08. The molecule has 1 aromatic carbocycles. The van der Waals surface area contributed by atoms with Gasteiger partial charge in [0.1, 0.15) is 12.4 Å². The highest BCUT2D eigenvalue weighted by atomic mass is 35.5. The van der Waals surface area contributed by atoms with E-state index in [1.54, 1.807) is 18.2 Å². The van der Waals surface area contributed by atoms with Gasteiger partial charge in [0.15, 0.2) is 16.8 Å². The average Bonchev–Trinajstić information content (AvgIpc) is 3.27. The van der Waals surface area contributed by atoms with Crippen molar-refractivity contribution in [2.45, 2.75) is 44.0 Å². The van der Waals surface area contributed by atoms with Gasteiger partial charge in [-0.15, -0.1) is 21.9 Å². The number of aromatic nitrogens is 7. The number of hydrogen-bond acceptors (Lipinski definition) is 7. The van der Waals surface area contributed by atoms with Crippen LogP contribution in [0.25, 0.3) is 0 Å². The number of hydrogen-bond donors (Lipinski definition) is 0. The predicted octanol–water partition coefficient (Wildman–Crippen LogP) is 3.39. The Morgan fingerprint density at radius 3 is 2.74 bits per heavy atom. The number of thioether (sulfide) groups is 1. The van der Waals surface area contributed by atoms with Gasteiger partial charge in [-0.05, 0) is 41.1 Å². The summed E-state index contributed by atoms with van der Waals surface area (Å²) in [5.74, 6) is 2.87. The van der Waals surface area contributed by atoms with E-state index in [0.29, 0.717) is 23.9 Å². The van der Waals surface area contributed by atoms with Crippen molar-refractivity contribution in [1.82, 2.24) is 35.0 Å². The molecule has 0 amide bonds. The summed E-state index contributed by atoms with van der Waals surface area (Å²) in [5.41, 5.74) is 0. The molecule has 0 fully saturated rings. The van der Waals surface area contributed by atoms with Gasteiger partial charge in [0.05, 0.1) is 5.75 Å². The largest absolute Gasteiger partial charge is 0.486 e. The van der Waals surface area contributed by atoms with E-state index in [4.69, 9.17) is 16.3 Å². The minimum Gasteiger partial charge on any atom is -0.486 e. The highest BCUT2D eigenvalue weighted by Crippen LogP contribution is 2.22. The third-order valence-corrected chi connectivity index (χ3v) is 4.87. The molecular weight excluding hydrogens is 386 g/mol. The normalized spacial score (nSPS) is 10.9. The lowest BCUT2D eigenvalue weighted by Gasteiger charge is -2.09. The minimum atomic E-state index is 0.302. The molecule has 0 aliphatic rings. The second-order valence-corrected chi connectivity index (χ2v) is 7.03. The monoisotopic (exact) mass is 405 g/mol. The zero-order valence-corrected chi connectivity index (χ0v) is 16.5. The summed E-state index contributed by atoms with van der Waals surface area (Å²) >= 11 is 7.43. The maximum Gasteiger partial charge on any atom is 0.192 e. The van der Waals surface area contributed by atoms with Crippen LogP contribution in [0.15, 0.2) is 42.1 Å². The van der Waals surface area contributed by atoms with Crippen molar-refractivity contribution in [3.63, 3.8) is 0 Å². The summed E-state index contributed by atoms with van der Waals surface area (Å²) in [6.45, 7) is 7.59. The summed E-state index contributed by atoms with van der Waals surface area (Å²) in [5, 5.41) is 21.8. The number of halogens is 1. The Balaban J connectivity index is 1.67. The van der Waals surface area contributed by atoms with Crippen LogP contribution in [-0.2, 0) is 25.4 Å². The number of nitrogens with zero attached hydrogens (tertiary/aromatic N) is 7. The van der Waals surface area contributed by atoms with E-state index in [1.165, 1.54) is 11.8 Å². The topological polar surface area (TPSA) is 83.5 Å². The van der Waals surface area contributed by atoms with Crippen molar-refractivity contribution < 1.29 is 4.74 Å². The molecule has 3 aromatic rings. The van der Waals surface area contributed by atoms with Gasteiger partial charge < -0.3 is 4.74 Å². The quantitative estimate of drug-likeness (QED) is 0.377. The fourth-order valence-corrected chi connectivity index (χ4v) is 3.39. The van der Waals surface area contributed by atoms with Gasteiger partial charge in [-0.3, -0.25) is 4.57 Å². The zero-order valence-electron chi connectivity index (χ0n) is 15.0. The van der Waals surface area contributed by atoms with Crippen LogP contribution in [-0.4, -0.2) is 35.0 Å². The van der Waals surface area contributed by atoms with Crippen LogP contribution in [0.1, 0.15) is 25.0 Å². The van der Waals surface area contributed by atoms with Crippen molar-refractivity contribution in [2.75, 3.05) is 0 Å². The molecule has 0 unspecified atom stereocenters. The van der Waals surface area contributed by atoms with Crippen LogP contribution >= 0.6 is 23.4 Å². The number of tetrazole rings is 1. The van der Waals surface area contributed by atoms with Crippen molar-refractivity contribution >= 4 is 23.4 Å². The van der Waals surface area contributed by atoms with Crippen LogP contribution < -0.4 is 4.74 Å². The van der Waals surface area contributed by atoms with E-state index in [1.807, 2.05) is 21.4 Å². The van der Waals surface area contributed by atoms with Crippen molar-refractivity contribution in [3.05, 3.63) is 53.6 Å². The molecule has 0 saturated heterocycles. The number of ether oxygens (including phenoxy) is 1. The van der Waals surface area contributed by atoms with Crippen LogP contribution in [0.5, 0.6) is 5.75 Å². The van der Waals surface area contributed by atoms with Gasteiger partial charge in [0, 0.05) is 18.1 Å². The second kappa shape index (κ2) is 9.52. The molecule has 0 atom stereocenters. The fourth-order valence-electron chi connectivity index (χ4n) is 2.36. The first-order valence-corrected chi connectivity index (χ1v) is 9.86. The van der Waals surface area contributed by atoms with E-state index in [0.717, 1.165) is 35.5 Å². The SMILES string of the molecule is C=CCn1c(COc2ccc(Cl)cc2)nnc1SCc1nnnn1CCC. The lowest BCUT2D eigenvalue weighted by atomic mass is 10.3. The van der Waals surface area contributed by atoms with E-state index >= 15 is 0 Å². The van der Waals surface area contributed by atoms with Gasteiger partial charge in [-0.2, -0.15) is 0 Å². The third kappa shape index (κ3) is 5.08. The second-order valence-electron chi connectivity index (χ2n) is 5.65. The Labute approximate surface area is 166 Å². The van der Waals surface area contributed by atoms with Crippen molar-refractivity contribution in [2.24, 2.45) is 0 Å². The first-order chi connectivity index (χ1) is 13.2. The molecule has 27 heavy (non-hydrogen) atoms. The van der Waals surface area contributed by atoms with Gasteiger partial charge in [0.2, 0.25) is 0 Å². The summed E-state index contributed by atoms with van der Waals surface area (Å²) < 4.78 is 9.57. The van der Waals surface area contributed by atoms with Gasteiger partial charge in [-0.25, -0.2) is 4.68 Å². The Kier molecular flexibility index (Phi) is 6.83. The van der Waals surface area contributed by atoms with Crippen LogP contribution in [0.3, 0.4) is 0 Å². The number of allylic oxidation sites excluding steroid dienone is 1. The molecule has 0 aliphatic heterocycles. The summed E-state index contributed by atoms with van der Waals surface area (Å²) in [7, 11) is 0. The molecule has 2 aromatic heterocycles. The van der Waals surface area contributed by atoms with E-state index < -0.39 is 0 Å². The maximum absolute atomic E-state index is 5.89. The van der Waals surface area contributed by atoms with Gasteiger partial charge in [-0.1, -0.05) is 36.4 Å². The first kappa shape index (κ1) is 19.4. The average molecular weight is 406 g/mol. The maximum atomic E-state index is 5.89.